The van der Waals surface area contributed by atoms with Crippen LogP contribution in [0, 0.1) is 29.1 Å². The smallest absolute Gasteiger partial charge is 0.159 e. The second-order valence-corrected chi connectivity index (χ2v) is 10.4. The highest BCUT2D eigenvalue weighted by Gasteiger charge is 2.76. The minimum atomic E-state index is -0.421. The number of aromatic nitrogens is 5. The first-order valence-electron chi connectivity index (χ1n) is 11.4. The van der Waals surface area contributed by atoms with Gasteiger partial charge in [-0.2, -0.15) is 10.4 Å². The van der Waals surface area contributed by atoms with Crippen molar-refractivity contribution >= 4 is 16.7 Å². The van der Waals surface area contributed by atoms with Gasteiger partial charge in [0.2, 0.25) is 0 Å². The molecule has 5 fully saturated rings. The number of nitrogens with zero attached hydrogens (tertiary/aromatic N) is 7. The van der Waals surface area contributed by atoms with E-state index in [4.69, 9.17) is 14.7 Å². The molecule has 3 saturated carbocycles. The van der Waals surface area contributed by atoms with Gasteiger partial charge in [0.25, 0.3) is 0 Å². The van der Waals surface area contributed by atoms with Gasteiger partial charge in [-0.3, -0.25) is 4.98 Å². The molecule has 8 rings (SSSR count). The molecular formula is C24H25N7O. The molecule has 162 valence electrons. The average Bonchev–Trinajstić information content (AvgIpc) is 3.49. The van der Waals surface area contributed by atoms with Gasteiger partial charge >= 0.3 is 0 Å². The van der Waals surface area contributed by atoms with E-state index in [9.17, 15) is 5.26 Å². The fraction of sp³-hybridized carbons (Fsp3) is 0.542. The quantitative estimate of drug-likeness (QED) is 0.618. The first-order chi connectivity index (χ1) is 15.5. The maximum Gasteiger partial charge on any atom is 0.159 e. The van der Waals surface area contributed by atoms with Gasteiger partial charge in [0, 0.05) is 42.8 Å². The molecule has 8 nitrogen and oxygen atoms in total. The summed E-state index contributed by atoms with van der Waals surface area (Å²) in [6.45, 7) is 3.71. The molecule has 0 radical (unpaired) electrons. The molecule has 0 unspecified atom stereocenters. The zero-order valence-electron chi connectivity index (χ0n) is 18.4. The van der Waals surface area contributed by atoms with E-state index < -0.39 is 5.41 Å². The van der Waals surface area contributed by atoms with Crippen LogP contribution >= 0.6 is 0 Å². The molecule has 3 aromatic rings. The Hall–Kier alpha value is -3.05. The number of fused-ring (bicyclic) bond motifs is 2. The van der Waals surface area contributed by atoms with Gasteiger partial charge in [-0.05, 0) is 50.5 Å². The van der Waals surface area contributed by atoms with Crippen molar-refractivity contribution in [1.82, 2.24) is 24.7 Å². The van der Waals surface area contributed by atoms with Gasteiger partial charge in [-0.15, -0.1) is 0 Å². The van der Waals surface area contributed by atoms with Crippen LogP contribution in [0.1, 0.15) is 43.6 Å². The predicted octanol–water partition coefficient (Wildman–Crippen LogP) is 3.08. The lowest BCUT2D eigenvalue weighted by Crippen LogP contribution is -2.37. The van der Waals surface area contributed by atoms with E-state index in [1.54, 1.807) is 7.11 Å². The molecule has 1 spiro atoms. The zero-order chi connectivity index (χ0) is 21.7. The molecule has 32 heavy (non-hydrogen) atoms. The largest absolute Gasteiger partial charge is 0.384 e. The summed E-state index contributed by atoms with van der Waals surface area (Å²) in [5, 5.41) is 15.5. The highest BCUT2D eigenvalue weighted by molar-refractivity contribution is 5.80. The summed E-state index contributed by atoms with van der Waals surface area (Å²) in [6.07, 6.45) is 9.20. The molecule has 1 atom stereocenters. The Bertz CT molecular complexity index is 1310. The van der Waals surface area contributed by atoms with Crippen LogP contribution in [0.4, 0.5) is 5.82 Å². The first-order valence-corrected chi connectivity index (χ1v) is 11.4. The SMILES string of the molecule is COCC12CC(C1)N(c1cc(-n3ncc4cnc([C@@]5(C#N)CC56CC6)cc43)nc(C)n1)C2. The fourth-order valence-corrected chi connectivity index (χ4v) is 6.44. The van der Waals surface area contributed by atoms with E-state index >= 15 is 0 Å². The molecule has 3 aromatic heterocycles. The predicted molar refractivity (Wildman–Crippen MR) is 117 cm³/mol. The van der Waals surface area contributed by atoms with E-state index in [-0.39, 0.29) is 10.8 Å². The standard InChI is InChI=1S/C24H25N7O/c1-15-28-20(30-13-22(14-32-2)7-17(30)8-22)6-21(29-15)31-18-5-19(26-9-16(18)10-27-31)24(12-25)11-23(24)3-4-23/h5-6,9-10,17H,3-4,7-8,11,13-14H2,1-2H3/t17?,22?,24-/m0/s1. The van der Waals surface area contributed by atoms with E-state index in [0.29, 0.717) is 6.04 Å². The lowest BCUT2D eigenvalue weighted by molar-refractivity contribution is 0.0521. The first kappa shape index (κ1) is 18.5. The number of aryl methyl sites for hydroxylation is 1. The van der Waals surface area contributed by atoms with Crippen molar-refractivity contribution in [2.45, 2.75) is 50.5 Å². The van der Waals surface area contributed by atoms with E-state index in [2.05, 4.69) is 27.1 Å². The number of hydrogen-bond donors (Lipinski definition) is 0. The van der Waals surface area contributed by atoms with Crippen molar-refractivity contribution in [3.8, 4) is 11.9 Å². The third-order valence-electron chi connectivity index (χ3n) is 8.37. The highest BCUT2D eigenvalue weighted by atomic mass is 16.5. The van der Waals surface area contributed by atoms with Crippen LogP contribution in [-0.2, 0) is 10.2 Å². The Balaban J connectivity index is 1.28. The summed E-state index contributed by atoms with van der Waals surface area (Å²) in [6, 6.07) is 7.20. The third kappa shape index (κ3) is 2.29. The Kier molecular flexibility index (Phi) is 3.38. The van der Waals surface area contributed by atoms with E-state index in [1.165, 1.54) is 0 Å². The van der Waals surface area contributed by atoms with Crippen molar-refractivity contribution in [2.24, 2.45) is 10.8 Å². The lowest BCUT2D eigenvalue weighted by Gasteiger charge is -2.36. The van der Waals surface area contributed by atoms with Gasteiger partial charge in [0.1, 0.15) is 17.1 Å². The van der Waals surface area contributed by atoms with E-state index in [1.807, 2.05) is 30.1 Å². The van der Waals surface area contributed by atoms with Gasteiger partial charge in [0.05, 0.1) is 30.1 Å². The summed E-state index contributed by atoms with van der Waals surface area (Å²) in [5.41, 5.74) is 1.85. The van der Waals surface area contributed by atoms with Crippen molar-refractivity contribution in [1.29, 1.82) is 5.26 Å². The van der Waals surface area contributed by atoms with Crippen molar-refractivity contribution < 1.29 is 4.74 Å². The fourth-order valence-electron chi connectivity index (χ4n) is 6.44. The molecule has 2 aliphatic heterocycles. The maximum atomic E-state index is 9.93. The number of rotatable bonds is 5. The summed E-state index contributed by atoms with van der Waals surface area (Å²) >= 11 is 0. The molecule has 0 N–H and O–H groups in total. The highest BCUT2D eigenvalue weighted by Crippen LogP contribution is 2.78. The van der Waals surface area contributed by atoms with Crippen LogP contribution < -0.4 is 4.90 Å². The van der Waals surface area contributed by atoms with Gasteiger partial charge in [0.15, 0.2) is 5.82 Å². The Morgan fingerprint density at radius 2 is 2.00 bits per heavy atom. The van der Waals surface area contributed by atoms with Crippen LogP contribution in [-0.4, -0.2) is 51.0 Å². The normalized spacial score (nSPS) is 31.0. The van der Waals surface area contributed by atoms with Crippen LogP contribution in [0.3, 0.4) is 0 Å². The van der Waals surface area contributed by atoms with Crippen LogP contribution in [0.25, 0.3) is 16.7 Å². The zero-order valence-corrected chi connectivity index (χ0v) is 18.4. The van der Waals surface area contributed by atoms with Crippen LogP contribution in [0.5, 0.6) is 0 Å². The van der Waals surface area contributed by atoms with Crippen molar-refractivity contribution in [2.75, 3.05) is 25.2 Å². The Labute approximate surface area is 186 Å². The third-order valence-corrected chi connectivity index (χ3v) is 8.37. The number of pyridine rings is 1. The molecular weight excluding hydrogens is 402 g/mol. The van der Waals surface area contributed by atoms with Gasteiger partial charge < -0.3 is 9.64 Å². The Morgan fingerprint density at radius 3 is 2.72 bits per heavy atom. The monoisotopic (exact) mass is 427 g/mol. The molecule has 3 aliphatic carbocycles. The minimum Gasteiger partial charge on any atom is -0.384 e. The summed E-state index contributed by atoms with van der Waals surface area (Å²) in [7, 11) is 1.78. The maximum absolute atomic E-state index is 9.93. The molecule has 0 aromatic carbocycles. The molecule has 5 aliphatic rings. The number of hydrogen-bond acceptors (Lipinski definition) is 7. The van der Waals surface area contributed by atoms with E-state index in [0.717, 1.165) is 79.3 Å². The average molecular weight is 428 g/mol. The number of ether oxygens (including phenoxy) is 1. The second-order valence-electron chi connectivity index (χ2n) is 10.4. The molecule has 0 amide bonds. The minimum absolute atomic E-state index is 0.181. The number of nitriles is 1. The summed E-state index contributed by atoms with van der Waals surface area (Å²) in [5.74, 6) is 2.44. The topological polar surface area (TPSA) is 92.8 Å². The van der Waals surface area contributed by atoms with Gasteiger partial charge in [-0.25, -0.2) is 14.6 Å². The number of methoxy groups -OCH3 is 1. The molecule has 8 heteroatoms. The molecule has 2 saturated heterocycles. The molecule has 2 bridgehead atoms. The Morgan fingerprint density at radius 1 is 1.19 bits per heavy atom. The number of anilines is 1. The molecule has 5 heterocycles. The van der Waals surface area contributed by atoms with Crippen LogP contribution in [0.15, 0.2) is 24.5 Å². The van der Waals surface area contributed by atoms with Crippen molar-refractivity contribution in [3.63, 3.8) is 0 Å². The lowest BCUT2D eigenvalue weighted by atomic mass is 9.71. The summed E-state index contributed by atoms with van der Waals surface area (Å²) in [4.78, 5) is 16.5. The van der Waals surface area contributed by atoms with Gasteiger partial charge in [-0.1, -0.05) is 0 Å². The second kappa shape index (κ2) is 5.84. The summed E-state index contributed by atoms with van der Waals surface area (Å²) < 4.78 is 7.35. The van der Waals surface area contributed by atoms with Crippen LogP contribution in [0.2, 0.25) is 0 Å². The van der Waals surface area contributed by atoms with Crippen molar-refractivity contribution in [3.05, 3.63) is 36.0 Å².